The van der Waals surface area contributed by atoms with Gasteiger partial charge >= 0.3 is 0 Å². The van der Waals surface area contributed by atoms with Crippen LogP contribution in [0.25, 0.3) is 0 Å². The molecule has 1 atom stereocenters. The summed E-state index contributed by atoms with van der Waals surface area (Å²) in [6.45, 7) is 0.743. The molecule has 1 aromatic carbocycles. The lowest BCUT2D eigenvalue weighted by Crippen LogP contribution is -2.31. The van der Waals surface area contributed by atoms with E-state index in [4.69, 9.17) is 4.52 Å². The average Bonchev–Trinajstić information content (AvgIpc) is 3.13. The number of nitrogens with zero attached hydrogens (tertiary/aromatic N) is 3. The van der Waals surface area contributed by atoms with Gasteiger partial charge in [-0.15, -0.1) is 11.8 Å². The second-order valence-corrected chi connectivity index (χ2v) is 6.97. The van der Waals surface area contributed by atoms with Crippen LogP contribution < -0.4 is 0 Å². The molecule has 6 heteroatoms. The van der Waals surface area contributed by atoms with Crippen molar-refractivity contribution in [1.29, 1.82) is 0 Å². The summed E-state index contributed by atoms with van der Waals surface area (Å²) in [4.78, 5) is 20.4. The van der Waals surface area contributed by atoms with Crippen LogP contribution in [0.4, 0.5) is 0 Å². The lowest BCUT2D eigenvalue weighted by atomic mass is 10.1. The summed E-state index contributed by atoms with van der Waals surface area (Å²) in [5.41, 5.74) is 0.758. The predicted molar refractivity (Wildman–Crippen MR) is 87.5 cm³/mol. The van der Waals surface area contributed by atoms with Crippen molar-refractivity contribution in [1.82, 2.24) is 15.0 Å². The Balaban J connectivity index is 1.60. The van der Waals surface area contributed by atoms with Crippen LogP contribution in [0.5, 0.6) is 0 Å². The first kappa shape index (κ1) is 14.8. The lowest BCUT2D eigenvalue weighted by molar-refractivity contribution is 0.0706. The average molecular weight is 329 g/mol. The highest BCUT2D eigenvalue weighted by molar-refractivity contribution is 7.98. The summed E-state index contributed by atoms with van der Waals surface area (Å²) >= 11 is 1.60. The maximum absolute atomic E-state index is 13.0. The highest BCUT2D eigenvalue weighted by Crippen LogP contribution is 2.40. The van der Waals surface area contributed by atoms with E-state index in [1.54, 1.807) is 11.8 Å². The normalized spacial score (nSPS) is 20.9. The molecule has 23 heavy (non-hydrogen) atoms. The van der Waals surface area contributed by atoms with Crippen molar-refractivity contribution in [2.24, 2.45) is 0 Å². The van der Waals surface area contributed by atoms with Gasteiger partial charge in [0.1, 0.15) is 6.04 Å². The van der Waals surface area contributed by atoms with E-state index in [1.807, 2.05) is 35.4 Å². The molecule has 1 aliphatic carbocycles. The molecular weight excluding hydrogens is 310 g/mol. The molecule has 0 bridgehead atoms. The molecule has 1 amide bonds. The third kappa shape index (κ3) is 2.76. The van der Waals surface area contributed by atoms with Gasteiger partial charge in [0.25, 0.3) is 5.91 Å². The predicted octanol–water partition coefficient (Wildman–Crippen LogP) is 3.65. The number of benzene rings is 1. The van der Waals surface area contributed by atoms with Gasteiger partial charge in [-0.3, -0.25) is 4.79 Å². The fourth-order valence-corrected chi connectivity index (χ4v) is 3.72. The third-order valence-electron chi connectivity index (χ3n) is 4.54. The van der Waals surface area contributed by atoms with E-state index in [9.17, 15) is 4.79 Å². The van der Waals surface area contributed by atoms with E-state index >= 15 is 0 Å². The molecule has 2 aliphatic rings. The number of carbonyl (C=O) groups excluding carboxylic acids is 1. The van der Waals surface area contributed by atoms with E-state index < -0.39 is 0 Å². The number of hydrogen-bond donors (Lipinski definition) is 0. The molecule has 5 nitrogen and oxygen atoms in total. The Labute approximate surface area is 139 Å². The van der Waals surface area contributed by atoms with Crippen LogP contribution >= 0.6 is 11.8 Å². The van der Waals surface area contributed by atoms with Crippen molar-refractivity contribution in [2.75, 3.05) is 12.8 Å². The Kier molecular flexibility index (Phi) is 3.85. The third-order valence-corrected chi connectivity index (χ3v) is 5.33. The largest absolute Gasteiger partial charge is 0.337 e. The summed E-state index contributed by atoms with van der Waals surface area (Å²) in [7, 11) is 0. The first-order chi connectivity index (χ1) is 11.3. The number of aromatic nitrogens is 2. The van der Waals surface area contributed by atoms with E-state index in [0.29, 0.717) is 11.8 Å². The Morgan fingerprint density at radius 1 is 1.30 bits per heavy atom. The highest BCUT2D eigenvalue weighted by Gasteiger charge is 2.37. The summed E-state index contributed by atoms with van der Waals surface area (Å²) in [5, 5.41) is 4.09. The van der Waals surface area contributed by atoms with Crippen molar-refractivity contribution in [3.63, 3.8) is 0 Å². The molecule has 120 valence electrons. The molecule has 0 unspecified atom stereocenters. The van der Waals surface area contributed by atoms with Gasteiger partial charge in [-0.1, -0.05) is 17.3 Å². The molecule has 0 radical (unpaired) electrons. The second-order valence-electron chi connectivity index (χ2n) is 6.12. The maximum atomic E-state index is 13.0. The number of thioether (sulfide) groups is 1. The van der Waals surface area contributed by atoms with Crippen molar-refractivity contribution in [2.45, 2.75) is 42.5 Å². The minimum Gasteiger partial charge on any atom is -0.337 e. The molecular formula is C17H19N3O2S. The summed E-state index contributed by atoms with van der Waals surface area (Å²) in [6.07, 6.45) is 6.15. The molecule has 2 fully saturated rings. The van der Waals surface area contributed by atoms with Gasteiger partial charge < -0.3 is 9.42 Å². The Morgan fingerprint density at radius 3 is 2.91 bits per heavy atom. The number of hydrogen-bond acceptors (Lipinski definition) is 5. The van der Waals surface area contributed by atoms with Crippen LogP contribution in [0, 0.1) is 0 Å². The first-order valence-electron chi connectivity index (χ1n) is 8.05. The summed E-state index contributed by atoms with van der Waals surface area (Å²) in [5.74, 6) is 1.93. The van der Waals surface area contributed by atoms with Gasteiger partial charge in [-0.05, 0) is 44.1 Å². The molecule has 4 rings (SSSR count). The van der Waals surface area contributed by atoms with Crippen molar-refractivity contribution in [3.05, 3.63) is 41.5 Å². The van der Waals surface area contributed by atoms with E-state index in [1.165, 1.54) is 0 Å². The number of carbonyl (C=O) groups is 1. The van der Waals surface area contributed by atoms with Crippen LogP contribution in [-0.4, -0.2) is 33.7 Å². The molecule has 0 spiro atoms. The fraction of sp³-hybridized carbons (Fsp3) is 0.471. The summed E-state index contributed by atoms with van der Waals surface area (Å²) < 4.78 is 5.46. The maximum Gasteiger partial charge on any atom is 0.255 e. The zero-order valence-corrected chi connectivity index (χ0v) is 13.9. The molecule has 1 aromatic heterocycles. The molecule has 1 saturated carbocycles. The van der Waals surface area contributed by atoms with Crippen LogP contribution in [0.3, 0.4) is 0 Å². The van der Waals surface area contributed by atoms with Crippen molar-refractivity contribution in [3.8, 4) is 0 Å². The van der Waals surface area contributed by atoms with E-state index in [-0.39, 0.29) is 11.9 Å². The molecule has 1 aliphatic heterocycles. The lowest BCUT2D eigenvalue weighted by Gasteiger charge is -2.22. The molecule has 1 saturated heterocycles. The fourth-order valence-electron chi connectivity index (χ4n) is 3.13. The topological polar surface area (TPSA) is 59.2 Å². The van der Waals surface area contributed by atoms with Crippen LogP contribution in [-0.2, 0) is 0 Å². The minimum absolute atomic E-state index is 0.0589. The zero-order chi connectivity index (χ0) is 15.8. The number of amides is 1. The minimum atomic E-state index is -0.0857. The summed E-state index contributed by atoms with van der Waals surface area (Å²) in [6, 6.07) is 7.67. The van der Waals surface area contributed by atoms with Gasteiger partial charge in [-0.2, -0.15) is 4.98 Å². The Bertz CT molecular complexity index is 726. The van der Waals surface area contributed by atoms with Gasteiger partial charge in [-0.25, -0.2) is 0 Å². The van der Waals surface area contributed by atoms with Crippen molar-refractivity contribution >= 4 is 17.7 Å². The zero-order valence-electron chi connectivity index (χ0n) is 13.1. The molecule has 2 heterocycles. The number of rotatable bonds is 4. The quantitative estimate of drug-likeness (QED) is 0.801. The first-order valence-corrected chi connectivity index (χ1v) is 9.28. The second kappa shape index (κ2) is 6.00. The Hall–Kier alpha value is -1.82. The van der Waals surface area contributed by atoms with Crippen LogP contribution in [0.1, 0.15) is 59.7 Å². The standard InChI is InChI=1S/C17H19N3O2S/c1-23-14-7-3-2-5-12(14)17(21)20-10-4-6-13(20)16-18-15(19-22-16)11-8-9-11/h2-3,5,7,11,13H,4,6,8-10H2,1H3/t13-/m0/s1. The van der Waals surface area contributed by atoms with Crippen LogP contribution in [0.2, 0.25) is 0 Å². The smallest absolute Gasteiger partial charge is 0.255 e. The van der Waals surface area contributed by atoms with E-state index in [2.05, 4.69) is 10.1 Å². The van der Waals surface area contributed by atoms with Crippen LogP contribution in [0.15, 0.2) is 33.7 Å². The van der Waals surface area contributed by atoms with Gasteiger partial charge in [0.05, 0.1) is 5.56 Å². The van der Waals surface area contributed by atoms with Gasteiger partial charge in [0, 0.05) is 17.4 Å². The SMILES string of the molecule is CSc1ccccc1C(=O)N1CCC[C@H]1c1nc(C2CC2)no1. The monoisotopic (exact) mass is 329 g/mol. The molecule has 2 aromatic rings. The van der Waals surface area contributed by atoms with Crippen molar-refractivity contribution < 1.29 is 9.32 Å². The highest BCUT2D eigenvalue weighted by atomic mass is 32.2. The van der Waals surface area contributed by atoms with Gasteiger partial charge in [0.2, 0.25) is 5.89 Å². The van der Waals surface area contributed by atoms with E-state index in [0.717, 1.165) is 48.5 Å². The Morgan fingerprint density at radius 2 is 2.13 bits per heavy atom. The number of likely N-dealkylation sites (tertiary alicyclic amines) is 1. The molecule has 0 N–H and O–H groups in total. The van der Waals surface area contributed by atoms with Gasteiger partial charge in [0.15, 0.2) is 5.82 Å².